The summed E-state index contributed by atoms with van der Waals surface area (Å²) in [5.41, 5.74) is 1.16. The molecular formula is C22H25NO2. The Morgan fingerprint density at radius 2 is 1.56 bits per heavy atom. The lowest BCUT2D eigenvalue weighted by molar-refractivity contribution is -0.155. The van der Waals surface area contributed by atoms with E-state index in [-0.39, 0.29) is 12.1 Å². The van der Waals surface area contributed by atoms with Gasteiger partial charge in [-0.3, -0.25) is 9.69 Å². The molecule has 4 rings (SSSR count). The van der Waals surface area contributed by atoms with Gasteiger partial charge in [0.05, 0.1) is 0 Å². The Labute approximate surface area is 149 Å². The second kappa shape index (κ2) is 6.30. The Hall–Kier alpha value is -2.13. The third-order valence-corrected chi connectivity index (χ3v) is 6.12. The predicted octanol–water partition coefficient (Wildman–Crippen LogP) is 3.63. The van der Waals surface area contributed by atoms with Crippen LogP contribution in [0.1, 0.15) is 30.9 Å². The number of hydrogen-bond acceptors (Lipinski definition) is 3. The smallest absolute Gasteiger partial charge is 0.321 e. The van der Waals surface area contributed by atoms with E-state index in [4.69, 9.17) is 4.74 Å². The van der Waals surface area contributed by atoms with E-state index in [0.717, 1.165) is 24.1 Å². The van der Waals surface area contributed by atoms with Crippen LogP contribution in [0.3, 0.4) is 0 Å². The van der Waals surface area contributed by atoms with Crippen molar-refractivity contribution in [1.29, 1.82) is 0 Å². The molecule has 3 atom stereocenters. The van der Waals surface area contributed by atoms with E-state index in [1.165, 1.54) is 6.42 Å². The predicted molar refractivity (Wildman–Crippen MR) is 98.4 cm³/mol. The lowest BCUT2D eigenvalue weighted by Crippen LogP contribution is -2.41. The van der Waals surface area contributed by atoms with Gasteiger partial charge >= 0.3 is 5.97 Å². The number of piperidine rings is 1. The van der Waals surface area contributed by atoms with Gasteiger partial charge in [-0.2, -0.15) is 0 Å². The average Bonchev–Trinajstić information content (AvgIpc) is 3.17. The van der Waals surface area contributed by atoms with E-state index in [1.54, 1.807) is 0 Å². The maximum atomic E-state index is 13.4. The largest absolute Gasteiger partial charge is 0.459 e. The SMILES string of the molecule is CN1CC2CC[C@H]1C2OC(=O)C(C)(c1ccccc1)c1ccccc1. The normalized spacial score (nSPS) is 25.9. The summed E-state index contributed by atoms with van der Waals surface area (Å²) < 4.78 is 6.16. The van der Waals surface area contributed by atoms with Gasteiger partial charge in [0.15, 0.2) is 0 Å². The minimum absolute atomic E-state index is 0.0317. The number of hydrogen-bond donors (Lipinski definition) is 0. The van der Waals surface area contributed by atoms with Crippen LogP contribution in [0.2, 0.25) is 0 Å². The first-order chi connectivity index (χ1) is 12.1. The minimum Gasteiger partial charge on any atom is -0.459 e. The highest BCUT2D eigenvalue weighted by Crippen LogP contribution is 2.41. The molecule has 1 saturated heterocycles. The summed E-state index contributed by atoms with van der Waals surface area (Å²) in [4.78, 5) is 15.7. The maximum Gasteiger partial charge on any atom is 0.321 e. The van der Waals surface area contributed by atoms with Gasteiger partial charge < -0.3 is 4.74 Å². The monoisotopic (exact) mass is 335 g/mol. The molecule has 2 aromatic rings. The quantitative estimate of drug-likeness (QED) is 0.799. The summed E-state index contributed by atoms with van der Waals surface area (Å²) >= 11 is 0. The third kappa shape index (κ3) is 2.67. The molecule has 3 nitrogen and oxygen atoms in total. The van der Waals surface area contributed by atoms with Crippen molar-refractivity contribution >= 4 is 5.97 Å². The number of ether oxygens (including phenoxy) is 1. The molecule has 1 saturated carbocycles. The molecule has 0 spiro atoms. The topological polar surface area (TPSA) is 29.5 Å². The highest BCUT2D eigenvalue weighted by atomic mass is 16.5. The van der Waals surface area contributed by atoms with E-state index >= 15 is 0 Å². The molecule has 2 bridgehead atoms. The average molecular weight is 335 g/mol. The van der Waals surface area contributed by atoms with Crippen LogP contribution >= 0.6 is 0 Å². The summed E-state index contributed by atoms with van der Waals surface area (Å²) in [5.74, 6) is 0.344. The van der Waals surface area contributed by atoms with E-state index < -0.39 is 5.41 Å². The van der Waals surface area contributed by atoms with Gasteiger partial charge in [0.25, 0.3) is 0 Å². The van der Waals surface area contributed by atoms with Crippen LogP contribution < -0.4 is 0 Å². The molecule has 0 N–H and O–H groups in total. The zero-order valence-corrected chi connectivity index (χ0v) is 14.9. The summed E-state index contributed by atoms with van der Waals surface area (Å²) in [6, 6.07) is 20.3. The summed E-state index contributed by atoms with van der Waals surface area (Å²) in [6.07, 6.45) is 2.33. The van der Waals surface area contributed by atoms with Crippen molar-refractivity contribution in [2.24, 2.45) is 5.92 Å². The molecule has 1 aliphatic carbocycles. The van der Waals surface area contributed by atoms with E-state index in [2.05, 4.69) is 11.9 Å². The first-order valence-electron chi connectivity index (χ1n) is 9.13. The van der Waals surface area contributed by atoms with Crippen molar-refractivity contribution in [3.8, 4) is 0 Å². The summed E-state index contributed by atoms with van der Waals surface area (Å²) in [7, 11) is 2.14. The van der Waals surface area contributed by atoms with Crippen LogP contribution in [0.4, 0.5) is 0 Å². The van der Waals surface area contributed by atoms with Gasteiger partial charge in [0.1, 0.15) is 11.5 Å². The number of likely N-dealkylation sites (tertiary alicyclic amines) is 1. The van der Waals surface area contributed by atoms with Crippen LogP contribution in [-0.4, -0.2) is 36.6 Å². The van der Waals surface area contributed by atoms with Crippen molar-refractivity contribution in [2.75, 3.05) is 13.6 Å². The van der Waals surface area contributed by atoms with Crippen molar-refractivity contribution in [2.45, 2.75) is 37.3 Å². The van der Waals surface area contributed by atoms with Gasteiger partial charge in [0, 0.05) is 18.5 Å². The highest BCUT2D eigenvalue weighted by Gasteiger charge is 2.50. The molecule has 2 unspecified atom stereocenters. The van der Waals surface area contributed by atoms with Crippen molar-refractivity contribution in [3.05, 3.63) is 71.8 Å². The van der Waals surface area contributed by atoms with Gasteiger partial charge in [-0.05, 0) is 37.9 Å². The molecule has 25 heavy (non-hydrogen) atoms. The molecule has 0 aromatic heterocycles. The van der Waals surface area contributed by atoms with Crippen LogP contribution in [0.15, 0.2) is 60.7 Å². The van der Waals surface area contributed by atoms with Gasteiger partial charge in [-0.15, -0.1) is 0 Å². The zero-order valence-electron chi connectivity index (χ0n) is 14.9. The fourth-order valence-corrected chi connectivity index (χ4v) is 4.56. The zero-order chi connectivity index (χ0) is 17.4. The standard InChI is InChI=1S/C22H25NO2/c1-22(17-9-5-3-6-10-17,18-11-7-4-8-12-18)21(24)25-20-16-13-14-19(20)23(2)15-16/h3-12,16,19-20H,13-15H2,1-2H3/t16?,19-,20?/m0/s1. The fraction of sp³-hybridized carbons (Fsp3) is 0.409. The first-order valence-corrected chi connectivity index (χ1v) is 9.13. The van der Waals surface area contributed by atoms with Gasteiger partial charge in [-0.25, -0.2) is 0 Å². The molecule has 1 heterocycles. The van der Waals surface area contributed by atoms with Crippen LogP contribution in [-0.2, 0) is 14.9 Å². The number of esters is 1. The van der Waals surface area contributed by atoms with Gasteiger partial charge in [-0.1, -0.05) is 60.7 Å². The van der Waals surface area contributed by atoms with Crippen LogP contribution in [0.25, 0.3) is 0 Å². The number of carbonyl (C=O) groups excluding carboxylic acids is 1. The molecule has 2 aromatic carbocycles. The van der Waals surface area contributed by atoms with Gasteiger partial charge in [0.2, 0.25) is 0 Å². The van der Waals surface area contributed by atoms with Crippen LogP contribution in [0.5, 0.6) is 0 Å². The number of benzene rings is 2. The number of fused-ring (bicyclic) bond motifs is 2. The van der Waals surface area contributed by atoms with Crippen LogP contribution in [0, 0.1) is 5.92 Å². The Balaban J connectivity index is 1.68. The molecule has 1 aliphatic heterocycles. The van der Waals surface area contributed by atoms with Crippen molar-refractivity contribution in [3.63, 3.8) is 0 Å². The lowest BCUT2D eigenvalue weighted by atomic mass is 9.76. The van der Waals surface area contributed by atoms with Crippen molar-refractivity contribution in [1.82, 2.24) is 4.90 Å². The summed E-state index contributed by atoms with van der Waals surface area (Å²) in [6.45, 7) is 3.02. The Morgan fingerprint density at radius 3 is 2.00 bits per heavy atom. The number of nitrogens with zero attached hydrogens (tertiary/aromatic N) is 1. The number of likely N-dealkylation sites (N-methyl/N-ethyl adjacent to an activating group) is 1. The molecule has 2 aliphatic rings. The first kappa shape index (κ1) is 16.3. The Morgan fingerprint density at radius 1 is 1.00 bits per heavy atom. The molecule has 130 valence electrons. The lowest BCUT2D eigenvalue weighted by Gasteiger charge is -2.31. The Bertz CT molecular complexity index is 704. The highest BCUT2D eigenvalue weighted by molar-refractivity contribution is 5.87. The minimum atomic E-state index is -0.789. The molecule has 3 heteroatoms. The van der Waals surface area contributed by atoms with E-state index in [1.807, 2.05) is 67.6 Å². The molecule has 2 fully saturated rings. The molecule has 0 radical (unpaired) electrons. The van der Waals surface area contributed by atoms with E-state index in [9.17, 15) is 4.79 Å². The van der Waals surface area contributed by atoms with Crippen molar-refractivity contribution < 1.29 is 9.53 Å². The maximum absolute atomic E-state index is 13.4. The third-order valence-electron chi connectivity index (χ3n) is 6.12. The summed E-state index contributed by atoms with van der Waals surface area (Å²) in [5, 5.41) is 0. The van der Waals surface area contributed by atoms with E-state index in [0.29, 0.717) is 12.0 Å². The number of rotatable bonds is 4. The second-order valence-electron chi connectivity index (χ2n) is 7.57. The number of carbonyl (C=O) groups is 1. The second-order valence-corrected chi connectivity index (χ2v) is 7.57. The molecular weight excluding hydrogens is 310 g/mol. The molecule has 0 amide bonds. The fourth-order valence-electron chi connectivity index (χ4n) is 4.56. The Kier molecular flexibility index (Phi) is 4.12.